The molecule has 4 nitrogen and oxygen atoms in total. The molecule has 0 N–H and O–H groups in total. The van der Waals surface area contributed by atoms with E-state index >= 15 is 0 Å². The Morgan fingerprint density at radius 3 is 2.71 bits per heavy atom. The van der Waals surface area contributed by atoms with Gasteiger partial charge in [0, 0.05) is 25.2 Å². The Morgan fingerprint density at radius 1 is 1.38 bits per heavy atom. The number of methoxy groups -OCH3 is 1. The molecule has 0 saturated carbocycles. The van der Waals surface area contributed by atoms with Crippen molar-refractivity contribution < 1.29 is 9.47 Å². The van der Waals surface area contributed by atoms with E-state index in [4.69, 9.17) is 9.47 Å². The lowest BCUT2D eigenvalue weighted by Gasteiger charge is -2.44. The van der Waals surface area contributed by atoms with Gasteiger partial charge in [0.2, 0.25) is 0 Å². The molecule has 1 aromatic carbocycles. The number of nitriles is 1. The number of nitrogens with zero attached hydrogens (tertiary/aromatic N) is 2. The molecule has 2 heterocycles. The van der Waals surface area contributed by atoms with Crippen LogP contribution in [0.5, 0.6) is 0 Å². The maximum atomic E-state index is 10.0. The van der Waals surface area contributed by atoms with Gasteiger partial charge in [-0.1, -0.05) is 30.3 Å². The number of hydrogen-bond acceptors (Lipinski definition) is 4. The number of ether oxygens (including phenoxy) is 2. The molecule has 110 valence electrons. The van der Waals surface area contributed by atoms with Crippen LogP contribution in [0.1, 0.15) is 38.2 Å². The summed E-state index contributed by atoms with van der Waals surface area (Å²) < 4.78 is 11.6. The third-order valence-electron chi connectivity index (χ3n) is 4.64. The standard InChI is InChI=1S/C17H20N2O2/c1-12-9-15(14-7-5-4-6-8-14)16(11-18)10-13(2)21-17(16,19-12)20-3/h4-8,13,15H,9-10H2,1-3H3. The third-order valence-corrected chi connectivity index (χ3v) is 4.64. The van der Waals surface area contributed by atoms with E-state index in [9.17, 15) is 5.26 Å². The first-order valence-electron chi connectivity index (χ1n) is 7.31. The molecule has 4 atom stereocenters. The van der Waals surface area contributed by atoms with Crippen LogP contribution in [0.4, 0.5) is 0 Å². The molecule has 0 aromatic heterocycles. The van der Waals surface area contributed by atoms with Crippen molar-refractivity contribution in [1.82, 2.24) is 0 Å². The molecule has 1 fully saturated rings. The zero-order valence-corrected chi connectivity index (χ0v) is 12.7. The highest BCUT2D eigenvalue weighted by Gasteiger charge is 2.66. The summed E-state index contributed by atoms with van der Waals surface area (Å²) in [6, 6.07) is 12.7. The van der Waals surface area contributed by atoms with Crippen molar-refractivity contribution in [2.75, 3.05) is 7.11 Å². The minimum atomic E-state index is -1.18. The van der Waals surface area contributed by atoms with Crippen molar-refractivity contribution in [3.05, 3.63) is 35.9 Å². The summed E-state index contributed by atoms with van der Waals surface area (Å²) in [7, 11) is 1.58. The Morgan fingerprint density at radius 2 is 2.10 bits per heavy atom. The molecular formula is C17H20N2O2. The van der Waals surface area contributed by atoms with Gasteiger partial charge in [0.15, 0.2) is 0 Å². The highest BCUT2D eigenvalue weighted by molar-refractivity contribution is 5.84. The molecule has 4 heteroatoms. The second kappa shape index (κ2) is 4.94. The van der Waals surface area contributed by atoms with Gasteiger partial charge in [-0.25, -0.2) is 4.99 Å². The monoisotopic (exact) mass is 284 g/mol. The van der Waals surface area contributed by atoms with Crippen LogP contribution in [0.15, 0.2) is 35.3 Å². The fraction of sp³-hybridized carbons (Fsp3) is 0.529. The average molecular weight is 284 g/mol. The Hall–Kier alpha value is -1.70. The number of rotatable bonds is 2. The van der Waals surface area contributed by atoms with Gasteiger partial charge in [-0.15, -0.1) is 0 Å². The van der Waals surface area contributed by atoms with E-state index in [1.807, 2.05) is 32.0 Å². The Bertz CT molecular complexity index is 607. The second-order valence-corrected chi connectivity index (χ2v) is 6.02. The van der Waals surface area contributed by atoms with E-state index in [-0.39, 0.29) is 12.0 Å². The minimum Gasteiger partial charge on any atom is -0.334 e. The summed E-state index contributed by atoms with van der Waals surface area (Å²) in [5, 5.41) is 10.0. The molecular weight excluding hydrogens is 264 g/mol. The van der Waals surface area contributed by atoms with Crippen LogP contribution in [0.25, 0.3) is 0 Å². The predicted molar refractivity (Wildman–Crippen MR) is 79.9 cm³/mol. The molecule has 3 rings (SSSR count). The van der Waals surface area contributed by atoms with Crippen LogP contribution in [-0.4, -0.2) is 24.8 Å². The zero-order chi connectivity index (χ0) is 15.1. The molecule has 0 aliphatic carbocycles. The highest BCUT2D eigenvalue weighted by Crippen LogP contribution is 2.59. The van der Waals surface area contributed by atoms with E-state index in [1.165, 1.54) is 0 Å². The highest BCUT2D eigenvalue weighted by atomic mass is 16.7. The topological polar surface area (TPSA) is 54.6 Å². The fourth-order valence-corrected chi connectivity index (χ4v) is 3.81. The van der Waals surface area contributed by atoms with Crippen LogP contribution in [0.3, 0.4) is 0 Å². The van der Waals surface area contributed by atoms with Crippen LogP contribution in [0.2, 0.25) is 0 Å². The molecule has 1 saturated heterocycles. The van der Waals surface area contributed by atoms with Crippen LogP contribution in [-0.2, 0) is 9.47 Å². The number of fused-ring (bicyclic) bond motifs is 1. The number of benzene rings is 1. The molecule has 2 aliphatic heterocycles. The van der Waals surface area contributed by atoms with Gasteiger partial charge in [0.05, 0.1) is 12.2 Å². The van der Waals surface area contributed by atoms with E-state index in [0.717, 1.165) is 17.7 Å². The normalized spacial score (nSPS) is 38.5. The van der Waals surface area contributed by atoms with Crippen molar-refractivity contribution in [2.24, 2.45) is 10.4 Å². The van der Waals surface area contributed by atoms with Gasteiger partial charge in [0.25, 0.3) is 5.91 Å². The van der Waals surface area contributed by atoms with Crippen molar-refractivity contribution in [2.45, 2.75) is 44.6 Å². The first-order valence-corrected chi connectivity index (χ1v) is 7.31. The van der Waals surface area contributed by atoms with Crippen molar-refractivity contribution in [3.8, 4) is 6.07 Å². The van der Waals surface area contributed by atoms with Crippen molar-refractivity contribution in [3.63, 3.8) is 0 Å². The Labute approximate surface area is 125 Å². The SMILES string of the molecule is COC12N=C(C)CC(c3ccccc3)C1(C#N)CC(C)O2. The van der Waals surface area contributed by atoms with Gasteiger partial charge < -0.3 is 9.47 Å². The maximum Gasteiger partial charge on any atom is 0.289 e. The Kier molecular flexibility index (Phi) is 3.35. The average Bonchev–Trinajstić information content (AvgIpc) is 2.80. The second-order valence-electron chi connectivity index (χ2n) is 6.02. The quantitative estimate of drug-likeness (QED) is 0.837. The Balaban J connectivity index is 2.18. The molecule has 4 unspecified atom stereocenters. The van der Waals surface area contributed by atoms with Crippen LogP contribution in [0, 0.1) is 16.7 Å². The van der Waals surface area contributed by atoms with Crippen molar-refractivity contribution in [1.29, 1.82) is 5.26 Å². The van der Waals surface area contributed by atoms with E-state index < -0.39 is 11.3 Å². The first kappa shape index (κ1) is 14.2. The molecule has 0 spiro atoms. The number of aliphatic imine (C=N–C) groups is 1. The molecule has 2 aliphatic rings. The van der Waals surface area contributed by atoms with Gasteiger partial charge >= 0.3 is 0 Å². The van der Waals surface area contributed by atoms with Gasteiger partial charge in [-0.05, 0) is 25.8 Å². The largest absolute Gasteiger partial charge is 0.334 e. The third kappa shape index (κ3) is 1.92. The summed E-state index contributed by atoms with van der Waals surface area (Å²) in [5.41, 5.74) is 1.33. The van der Waals surface area contributed by atoms with Gasteiger partial charge in [0.1, 0.15) is 5.41 Å². The summed E-state index contributed by atoms with van der Waals surface area (Å²) in [6.07, 6.45) is 1.34. The summed E-state index contributed by atoms with van der Waals surface area (Å²) >= 11 is 0. The van der Waals surface area contributed by atoms with Gasteiger partial charge in [-0.3, -0.25) is 0 Å². The fourth-order valence-electron chi connectivity index (χ4n) is 3.81. The van der Waals surface area contributed by atoms with E-state index in [0.29, 0.717) is 6.42 Å². The lowest BCUT2D eigenvalue weighted by atomic mass is 9.65. The number of hydrogen-bond donors (Lipinski definition) is 0. The van der Waals surface area contributed by atoms with Crippen LogP contribution >= 0.6 is 0 Å². The van der Waals surface area contributed by atoms with E-state index in [2.05, 4.69) is 23.2 Å². The van der Waals surface area contributed by atoms with Crippen molar-refractivity contribution >= 4 is 5.71 Å². The minimum absolute atomic E-state index is 0.0334. The molecule has 0 bridgehead atoms. The maximum absolute atomic E-state index is 10.0. The molecule has 0 amide bonds. The predicted octanol–water partition coefficient (Wildman–Crippen LogP) is 3.25. The summed E-state index contributed by atoms with van der Waals surface area (Å²) in [5.74, 6) is -1.14. The molecule has 0 radical (unpaired) electrons. The van der Waals surface area contributed by atoms with Crippen LogP contribution < -0.4 is 0 Å². The molecule has 21 heavy (non-hydrogen) atoms. The van der Waals surface area contributed by atoms with E-state index in [1.54, 1.807) is 7.11 Å². The first-order chi connectivity index (χ1) is 10.1. The lowest BCUT2D eigenvalue weighted by molar-refractivity contribution is -0.244. The molecule has 1 aromatic rings. The lowest BCUT2D eigenvalue weighted by Crippen LogP contribution is -2.51. The summed E-state index contributed by atoms with van der Waals surface area (Å²) in [4.78, 5) is 4.61. The smallest absolute Gasteiger partial charge is 0.289 e. The zero-order valence-electron chi connectivity index (χ0n) is 12.7. The van der Waals surface area contributed by atoms with Gasteiger partial charge in [-0.2, -0.15) is 5.26 Å². The summed E-state index contributed by atoms with van der Waals surface area (Å²) in [6.45, 7) is 3.95.